The van der Waals surface area contributed by atoms with Gasteiger partial charge in [-0.05, 0) is 44.4 Å². The number of likely N-dealkylation sites (tertiary alicyclic amines) is 1. The lowest BCUT2D eigenvalue weighted by Crippen LogP contribution is -2.51. The molecule has 10 nitrogen and oxygen atoms in total. The van der Waals surface area contributed by atoms with E-state index in [0.717, 1.165) is 42.7 Å². The van der Waals surface area contributed by atoms with E-state index in [1.807, 2.05) is 24.0 Å². The zero-order valence-corrected chi connectivity index (χ0v) is 21.1. The molecule has 1 atom stereocenters. The van der Waals surface area contributed by atoms with E-state index in [4.69, 9.17) is 21.7 Å². The number of nitrogens with zero attached hydrogens (tertiary/aromatic N) is 5. The number of β-amino-alcohol motifs (C(OH)–C–C–N with tert-alkyl or cyclic N) is 1. The fraction of sp³-hybridized carbons (Fsp3) is 0.435. The average molecular weight is 519 g/mol. The van der Waals surface area contributed by atoms with E-state index in [-0.39, 0.29) is 29.3 Å². The number of rotatable bonds is 5. The van der Waals surface area contributed by atoms with Crippen LogP contribution in [-0.2, 0) is 10.0 Å². The summed E-state index contributed by atoms with van der Waals surface area (Å²) in [5, 5.41) is 14.8. The quantitative estimate of drug-likeness (QED) is 0.532. The highest BCUT2D eigenvalue weighted by atomic mass is 35.5. The second kappa shape index (κ2) is 8.96. The Kier molecular flexibility index (Phi) is 6.10. The van der Waals surface area contributed by atoms with Gasteiger partial charge in [0, 0.05) is 42.5 Å². The Morgan fingerprint density at radius 1 is 1.20 bits per heavy atom. The summed E-state index contributed by atoms with van der Waals surface area (Å²) in [6.45, 7) is 3.57. The van der Waals surface area contributed by atoms with Gasteiger partial charge in [-0.3, -0.25) is 9.52 Å². The van der Waals surface area contributed by atoms with E-state index >= 15 is 0 Å². The molecule has 2 aliphatic heterocycles. The van der Waals surface area contributed by atoms with Crippen molar-refractivity contribution in [2.24, 2.45) is 0 Å². The molecule has 0 spiro atoms. The number of amides is 1. The standard InChI is InChI=1S/C23H27ClN6O4S/c1-14-9-21(28-12-16(31)13-28)25-22-11-19(26-30(14)22)20-5-3-4-8-29(20)23(32)17-10-15(24)6-7-18(17)27-35(2,33)34/h6-7,9-11,16,20,27,31H,3-5,8,12-13H2,1-2H3. The van der Waals surface area contributed by atoms with Crippen LogP contribution in [0.4, 0.5) is 11.5 Å². The number of hydrogen-bond donors (Lipinski definition) is 2. The molecule has 0 radical (unpaired) electrons. The number of nitrogens with one attached hydrogen (secondary N) is 1. The van der Waals surface area contributed by atoms with Crippen molar-refractivity contribution in [2.45, 2.75) is 38.3 Å². The van der Waals surface area contributed by atoms with Crippen LogP contribution < -0.4 is 9.62 Å². The lowest BCUT2D eigenvalue weighted by atomic mass is 9.98. The molecule has 1 amide bonds. The highest BCUT2D eigenvalue weighted by molar-refractivity contribution is 7.92. The smallest absolute Gasteiger partial charge is 0.256 e. The number of aliphatic hydroxyl groups is 1. The molecule has 3 aromatic rings. The van der Waals surface area contributed by atoms with Gasteiger partial charge in [-0.2, -0.15) is 5.10 Å². The van der Waals surface area contributed by atoms with Crippen LogP contribution in [0.2, 0.25) is 5.02 Å². The van der Waals surface area contributed by atoms with E-state index < -0.39 is 10.0 Å². The fourth-order valence-corrected chi connectivity index (χ4v) is 5.46. The molecule has 0 bridgehead atoms. The molecule has 186 valence electrons. The third-order valence-electron chi connectivity index (χ3n) is 6.41. The summed E-state index contributed by atoms with van der Waals surface area (Å²) >= 11 is 6.17. The van der Waals surface area contributed by atoms with E-state index in [2.05, 4.69) is 4.72 Å². The van der Waals surface area contributed by atoms with Gasteiger partial charge >= 0.3 is 0 Å². The molecule has 2 N–H and O–H groups in total. The van der Waals surface area contributed by atoms with Crippen molar-refractivity contribution in [2.75, 3.05) is 35.5 Å². The zero-order valence-electron chi connectivity index (χ0n) is 19.5. The summed E-state index contributed by atoms with van der Waals surface area (Å²) in [5.74, 6) is 0.485. The maximum absolute atomic E-state index is 13.7. The third-order valence-corrected chi connectivity index (χ3v) is 7.24. The van der Waals surface area contributed by atoms with Crippen LogP contribution in [0.25, 0.3) is 5.65 Å². The van der Waals surface area contributed by atoms with Gasteiger partial charge in [0.05, 0.1) is 35.3 Å². The van der Waals surface area contributed by atoms with Crippen LogP contribution in [0.5, 0.6) is 0 Å². The van der Waals surface area contributed by atoms with E-state index in [9.17, 15) is 18.3 Å². The van der Waals surface area contributed by atoms with Crippen molar-refractivity contribution in [3.8, 4) is 0 Å². The number of aliphatic hydroxyl groups excluding tert-OH is 1. The molecule has 35 heavy (non-hydrogen) atoms. The first-order valence-electron chi connectivity index (χ1n) is 11.5. The lowest BCUT2D eigenvalue weighted by molar-refractivity contribution is 0.0607. The number of carbonyl (C=O) groups is 1. The number of anilines is 2. The van der Waals surface area contributed by atoms with Crippen LogP contribution in [-0.4, -0.2) is 70.9 Å². The summed E-state index contributed by atoms with van der Waals surface area (Å²) in [6, 6.07) is 8.10. The Morgan fingerprint density at radius 2 is 1.97 bits per heavy atom. The highest BCUT2D eigenvalue weighted by Crippen LogP contribution is 2.34. The van der Waals surface area contributed by atoms with Gasteiger partial charge in [-0.15, -0.1) is 0 Å². The van der Waals surface area contributed by atoms with Crippen LogP contribution in [0.1, 0.15) is 47.1 Å². The van der Waals surface area contributed by atoms with Gasteiger partial charge in [0.2, 0.25) is 10.0 Å². The number of benzene rings is 1. The first-order valence-corrected chi connectivity index (χ1v) is 13.7. The molecule has 2 aromatic heterocycles. The first kappa shape index (κ1) is 23.8. The van der Waals surface area contributed by atoms with E-state index in [0.29, 0.717) is 30.3 Å². The number of aromatic nitrogens is 3. The number of halogens is 1. The van der Waals surface area contributed by atoms with Crippen molar-refractivity contribution < 1.29 is 18.3 Å². The predicted molar refractivity (Wildman–Crippen MR) is 133 cm³/mol. The number of aryl methyl sites for hydroxylation is 1. The Labute approximate surface area is 208 Å². The molecular formula is C23H27ClN6O4S. The summed E-state index contributed by atoms with van der Waals surface area (Å²) in [6.07, 6.45) is 3.22. The number of carbonyl (C=O) groups excluding carboxylic acids is 1. The lowest BCUT2D eigenvalue weighted by Gasteiger charge is -2.36. The Balaban J connectivity index is 1.49. The summed E-state index contributed by atoms with van der Waals surface area (Å²) in [4.78, 5) is 22.2. The largest absolute Gasteiger partial charge is 0.389 e. The minimum Gasteiger partial charge on any atom is -0.389 e. The van der Waals surface area contributed by atoms with Crippen LogP contribution in [0, 0.1) is 6.92 Å². The van der Waals surface area contributed by atoms with E-state index in [1.54, 1.807) is 15.5 Å². The summed E-state index contributed by atoms with van der Waals surface area (Å²) in [5.41, 5.74) is 2.71. The third kappa shape index (κ3) is 4.80. The van der Waals surface area contributed by atoms with Crippen LogP contribution in [0.3, 0.4) is 0 Å². The molecule has 2 fully saturated rings. The van der Waals surface area contributed by atoms with Crippen molar-refractivity contribution in [3.63, 3.8) is 0 Å². The van der Waals surface area contributed by atoms with Crippen molar-refractivity contribution >= 4 is 44.7 Å². The Hall–Kier alpha value is -2.89. The minimum absolute atomic E-state index is 0.195. The molecule has 2 saturated heterocycles. The number of hydrogen-bond acceptors (Lipinski definition) is 7. The molecule has 5 rings (SSSR count). The highest BCUT2D eigenvalue weighted by Gasteiger charge is 2.33. The molecule has 1 aromatic carbocycles. The second-order valence-corrected chi connectivity index (χ2v) is 11.4. The monoisotopic (exact) mass is 518 g/mol. The number of piperidine rings is 1. The average Bonchev–Trinajstić information content (AvgIpc) is 3.21. The normalized spacial score (nSPS) is 19.1. The maximum atomic E-state index is 13.7. The topological polar surface area (TPSA) is 120 Å². The number of fused-ring (bicyclic) bond motifs is 1. The number of sulfonamides is 1. The van der Waals surface area contributed by atoms with Gasteiger partial charge in [-0.25, -0.2) is 17.9 Å². The summed E-state index contributed by atoms with van der Waals surface area (Å²) in [7, 11) is -3.58. The molecule has 12 heteroatoms. The molecule has 1 unspecified atom stereocenters. The molecule has 0 aliphatic carbocycles. The fourth-order valence-electron chi connectivity index (χ4n) is 4.71. The maximum Gasteiger partial charge on any atom is 0.256 e. The SMILES string of the molecule is Cc1cc(N2CC(O)C2)nc2cc(C3CCCCN3C(=O)c3cc(Cl)ccc3NS(C)(=O)=O)nn12. The van der Waals surface area contributed by atoms with Crippen molar-refractivity contribution in [1.82, 2.24) is 19.5 Å². The van der Waals surface area contributed by atoms with Crippen LogP contribution >= 0.6 is 11.6 Å². The van der Waals surface area contributed by atoms with Gasteiger partial charge in [0.15, 0.2) is 5.65 Å². The van der Waals surface area contributed by atoms with Gasteiger partial charge in [-0.1, -0.05) is 11.6 Å². The van der Waals surface area contributed by atoms with Gasteiger partial charge in [0.25, 0.3) is 5.91 Å². The molecule has 0 saturated carbocycles. The minimum atomic E-state index is -3.58. The van der Waals surface area contributed by atoms with Crippen molar-refractivity contribution in [1.29, 1.82) is 0 Å². The molecular weight excluding hydrogens is 492 g/mol. The van der Waals surface area contributed by atoms with Crippen molar-refractivity contribution in [3.05, 3.63) is 52.3 Å². The van der Waals surface area contributed by atoms with Gasteiger partial charge < -0.3 is 14.9 Å². The van der Waals surface area contributed by atoms with E-state index in [1.165, 1.54) is 12.1 Å². The Bertz CT molecular complexity index is 1400. The molecule has 4 heterocycles. The summed E-state index contributed by atoms with van der Waals surface area (Å²) < 4.78 is 27.9. The second-order valence-electron chi connectivity index (χ2n) is 9.23. The molecule has 2 aliphatic rings. The predicted octanol–water partition coefficient (Wildman–Crippen LogP) is 2.61. The van der Waals surface area contributed by atoms with Crippen LogP contribution in [0.15, 0.2) is 30.3 Å². The zero-order chi connectivity index (χ0) is 24.9. The first-order chi connectivity index (χ1) is 16.6. The van der Waals surface area contributed by atoms with Gasteiger partial charge in [0.1, 0.15) is 5.82 Å². The Morgan fingerprint density at radius 3 is 2.69 bits per heavy atom.